The van der Waals surface area contributed by atoms with Gasteiger partial charge in [-0.25, -0.2) is 0 Å². The zero-order valence-electron chi connectivity index (χ0n) is 14.8. The van der Waals surface area contributed by atoms with Gasteiger partial charge >= 0.3 is 0 Å². The van der Waals surface area contributed by atoms with Gasteiger partial charge in [0.2, 0.25) is 0 Å². The van der Waals surface area contributed by atoms with E-state index >= 15 is 0 Å². The van der Waals surface area contributed by atoms with Gasteiger partial charge in [-0.15, -0.1) is 0 Å². The standard InChI is InChI=1S/C21H16BrNO4/c1-24-18-9-13(8-16(22)20(18)25-2)19-14(10-23)11-26-21-15(19)7-12-5-3-4-6-17(12)27-21/h3-6,8-9,11,19H,7H2,1-2H3. The Hall–Kier alpha value is -2.91. The minimum atomic E-state index is -0.289. The summed E-state index contributed by atoms with van der Waals surface area (Å²) < 4.78 is 23.2. The molecule has 2 aromatic carbocycles. The van der Waals surface area contributed by atoms with Crippen LogP contribution >= 0.6 is 15.9 Å². The molecule has 0 saturated heterocycles. The summed E-state index contributed by atoms with van der Waals surface area (Å²) in [6.45, 7) is 0. The number of hydrogen-bond acceptors (Lipinski definition) is 5. The Balaban J connectivity index is 1.84. The number of halogens is 1. The van der Waals surface area contributed by atoms with E-state index in [-0.39, 0.29) is 5.92 Å². The largest absolute Gasteiger partial charge is 0.493 e. The molecule has 2 aliphatic rings. The number of rotatable bonds is 3. The van der Waals surface area contributed by atoms with E-state index in [9.17, 15) is 5.26 Å². The van der Waals surface area contributed by atoms with Crippen molar-refractivity contribution in [2.45, 2.75) is 12.3 Å². The molecule has 0 aromatic heterocycles. The van der Waals surface area contributed by atoms with Crippen LogP contribution in [-0.4, -0.2) is 14.2 Å². The van der Waals surface area contributed by atoms with Crippen LogP contribution in [0.2, 0.25) is 0 Å². The van der Waals surface area contributed by atoms with E-state index in [4.69, 9.17) is 18.9 Å². The number of methoxy groups -OCH3 is 2. The van der Waals surface area contributed by atoms with Gasteiger partial charge in [0.15, 0.2) is 11.5 Å². The zero-order chi connectivity index (χ0) is 19.0. The second kappa shape index (κ2) is 7.01. The summed E-state index contributed by atoms with van der Waals surface area (Å²) in [5.74, 6) is 2.12. The van der Waals surface area contributed by atoms with E-state index < -0.39 is 0 Å². The summed E-state index contributed by atoms with van der Waals surface area (Å²) in [5, 5.41) is 9.68. The van der Waals surface area contributed by atoms with Gasteiger partial charge in [-0.1, -0.05) is 18.2 Å². The summed E-state index contributed by atoms with van der Waals surface area (Å²) in [7, 11) is 3.17. The number of nitrogens with zero attached hydrogens (tertiary/aromatic N) is 1. The molecule has 0 bridgehead atoms. The molecule has 6 heteroatoms. The van der Waals surface area contributed by atoms with Crippen LogP contribution in [0.4, 0.5) is 0 Å². The molecular formula is C21H16BrNO4. The molecule has 0 N–H and O–H groups in total. The summed E-state index contributed by atoms with van der Waals surface area (Å²) in [4.78, 5) is 0. The fraction of sp³-hybridized carbons (Fsp3) is 0.190. The van der Waals surface area contributed by atoms with Crippen molar-refractivity contribution in [1.82, 2.24) is 0 Å². The fourth-order valence-electron chi connectivity index (χ4n) is 3.46. The molecule has 2 aliphatic heterocycles. The van der Waals surface area contributed by atoms with Gasteiger partial charge in [-0.3, -0.25) is 0 Å². The molecule has 27 heavy (non-hydrogen) atoms. The second-order valence-electron chi connectivity index (χ2n) is 6.17. The number of hydrogen-bond donors (Lipinski definition) is 0. The first-order chi connectivity index (χ1) is 13.2. The number of nitriles is 1. The first-order valence-electron chi connectivity index (χ1n) is 8.33. The zero-order valence-corrected chi connectivity index (χ0v) is 16.4. The number of benzene rings is 2. The fourth-order valence-corrected chi connectivity index (χ4v) is 4.08. The molecule has 0 saturated carbocycles. The van der Waals surface area contributed by atoms with Gasteiger partial charge in [0.05, 0.1) is 36.3 Å². The summed E-state index contributed by atoms with van der Waals surface area (Å²) >= 11 is 3.54. The molecule has 0 aliphatic carbocycles. The highest BCUT2D eigenvalue weighted by molar-refractivity contribution is 9.10. The second-order valence-corrected chi connectivity index (χ2v) is 7.03. The average molecular weight is 426 g/mol. The first-order valence-corrected chi connectivity index (χ1v) is 9.12. The third-order valence-corrected chi connectivity index (χ3v) is 5.28. The Morgan fingerprint density at radius 1 is 1.19 bits per heavy atom. The highest BCUT2D eigenvalue weighted by atomic mass is 79.9. The lowest BCUT2D eigenvalue weighted by Crippen LogP contribution is -2.21. The van der Waals surface area contributed by atoms with E-state index in [1.54, 1.807) is 14.2 Å². The van der Waals surface area contributed by atoms with Gasteiger partial charge in [-0.2, -0.15) is 5.26 Å². The lowest BCUT2D eigenvalue weighted by molar-refractivity contribution is 0.161. The van der Waals surface area contributed by atoms with Gasteiger partial charge in [0, 0.05) is 12.0 Å². The topological polar surface area (TPSA) is 60.7 Å². The Bertz CT molecular complexity index is 1020. The molecule has 2 aromatic rings. The van der Waals surface area contributed by atoms with Crippen LogP contribution in [0, 0.1) is 11.3 Å². The average Bonchev–Trinajstić information content (AvgIpc) is 2.70. The molecule has 5 nitrogen and oxygen atoms in total. The van der Waals surface area contributed by atoms with Crippen molar-refractivity contribution in [3.63, 3.8) is 0 Å². The van der Waals surface area contributed by atoms with E-state index in [0.29, 0.717) is 29.4 Å². The van der Waals surface area contributed by atoms with Crippen LogP contribution in [-0.2, 0) is 11.2 Å². The molecule has 0 amide bonds. The maximum absolute atomic E-state index is 9.68. The normalized spacial score (nSPS) is 17.6. The van der Waals surface area contributed by atoms with Gasteiger partial charge < -0.3 is 18.9 Å². The van der Waals surface area contributed by atoms with Crippen molar-refractivity contribution >= 4 is 15.9 Å². The maximum atomic E-state index is 9.68. The first kappa shape index (κ1) is 17.5. The molecule has 4 rings (SSSR count). The molecule has 136 valence electrons. The number of para-hydroxylation sites is 1. The Labute approximate surface area is 165 Å². The molecule has 1 atom stereocenters. The monoisotopic (exact) mass is 425 g/mol. The smallest absolute Gasteiger partial charge is 0.290 e. The molecule has 0 radical (unpaired) electrons. The quantitative estimate of drug-likeness (QED) is 0.704. The van der Waals surface area contributed by atoms with Crippen molar-refractivity contribution in [2.24, 2.45) is 0 Å². The Kier molecular flexibility index (Phi) is 4.54. The Morgan fingerprint density at radius 3 is 2.74 bits per heavy atom. The molecular weight excluding hydrogens is 410 g/mol. The molecule has 0 fully saturated rings. The van der Waals surface area contributed by atoms with Crippen LogP contribution in [0.25, 0.3) is 0 Å². The van der Waals surface area contributed by atoms with Crippen LogP contribution < -0.4 is 14.2 Å². The Morgan fingerprint density at radius 2 is 2.00 bits per heavy atom. The van der Waals surface area contributed by atoms with Gasteiger partial charge in [0.1, 0.15) is 12.0 Å². The SMILES string of the molecule is COc1cc(C2C(C#N)=COC3=C2Cc2ccccc2O3)cc(Br)c1OC. The minimum absolute atomic E-state index is 0.289. The lowest BCUT2D eigenvalue weighted by Gasteiger charge is -2.30. The predicted octanol–water partition coefficient (Wildman–Crippen LogP) is 4.83. The third-order valence-electron chi connectivity index (χ3n) is 4.69. The van der Waals surface area contributed by atoms with Crippen molar-refractivity contribution in [3.05, 3.63) is 75.4 Å². The van der Waals surface area contributed by atoms with Crippen molar-refractivity contribution in [3.8, 4) is 23.3 Å². The van der Waals surface area contributed by atoms with E-state index in [1.807, 2.05) is 36.4 Å². The van der Waals surface area contributed by atoms with Crippen LogP contribution in [0.15, 0.2) is 64.2 Å². The predicted molar refractivity (Wildman–Crippen MR) is 103 cm³/mol. The van der Waals surface area contributed by atoms with Gasteiger partial charge in [0.25, 0.3) is 5.95 Å². The number of allylic oxidation sites excluding steroid dienone is 2. The minimum Gasteiger partial charge on any atom is -0.493 e. The lowest BCUT2D eigenvalue weighted by atomic mass is 9.81. The maximum Gasteiger partial charge on any atom is 0.290 e. The summed E-state index contributed by atoms with van der Waals surface area (Å²) in [6.07, 6.45) is 2.10. The van der Waals surface area contributed by atoms with Crippen LogP contribution in [0.3, 0.4) is 0 Å². The van der Waals surface area contributed by atoms with E-state index in [1.165, 1.54) is 6.26 Å². The molecule has 1 unspecified atom stereocenters. The highest BCUT2D eigenvalue weighted by Crippen LogP contribution is 2.46. The van der Waals surface area contributed by atoms with E-state index in [2.05, 4.69) is 22.0 Å². The molecule has 0 spiro atoms. The van der Waals surface area contributed by atoms with E-state index in [0.717, 1.165) is 26.9 Å². The van der Waals surface area contributed by atoms with Crippen molar-refractivity contribution < 1.29 is 18.9 Å². The number of ether oxygens (including phenoxy) is 4. The number of fused-ring (bicyclic) bond motifs is 1. The summed E-state index contributed by atoms with van der Waals surface area (Å²) in [5.41, 5.74) is 3.37. The third kappa shape index (κ3) is 2.94. The van der Waals surface area contributed by atoms with Gasteiger partial charge in [-0.05, 0) is 45.3 Å². The highest BCUT2D eigenvalue weighted by Gasteiger charge is 2.35. The van der Waals surface area contributed by atoms with Crippen LogP contribution in [0.1, 0.15) is 17.0 Å². The van der Waals surface area contributed by atoms with Crippen LogP contribution in [0.5, 0.6) is 17.2 Å². The van der Waals surface area contributed by atoms with Crippen molar-refractivity contribution in [2.75, 3.05) is 14.2 Å². The molecule has 2 heterocycles. The van der Waals surface area contributed by atoms with Crippen molar-refractivity contribution in [1.29, 1.82) is 5.26 Å². The summed E-state index contributed by atoms with van der Waals surface area (Å²) in [6, 6.07) is 13.9.